The Morgan fingerprint density at radius 3 is 1.42 bits per heavy atom. The van der Waals surface area contributed by atoms with E-state index < -0.39 is 35.0 Å². The van der Waals surface area contributed by atoms with E-state index in [-0.39, 0.29) is 28.1 Å². The van der Waals surface area contributed by atoms with Crippen LogP contribution in [0.4, 0.5) is 0 Å². The van der Waals surface area contributed by atoms with Crippen LogP contribution in [0.25, 0.3) is 0 Å². The predicted molar refractivity (Wildman–Crippen MR) is 87.0 cm³/mol. The minimum absolute atomic E-state index is 0. The van der Waals surface area contributed by atoms with E-state index in [0.717, 1.165) is 0 Å². The molecule has 0 aliphatic rings. The average Bonchev–Trinajstić information content (AvgIpc) is 2.25. The van der Waals surface area contributed by atoms with Gasteiger partial charge in [-0.1, -0.05) is 41.5 Å². The van der Waals surface area contributed by atoms with Gasteiger partial charge < -0.3 is 20.4 Å². The van der Waals surface area contributed by atoms with E-state index in [1.807, 2.05) is 13.8 Å². The Morgan fingerprint density at radius 1 is 0.917 bits per heavy atom. The molecule has 0 saturated carbocycles. The maximum Gasteiger partial charge on any atom is 2.00 e. The van der Waals surface area contributed by atoms with Gasteiger partial charge in [0.2, 0.25) is 0 Å². The SMILES string of the molecule is CC(C)(CCCC(=O)O)C(C)(C)C(=O)O.CC(C)[O-].CC(C)[O-].[Ti+2]. The van der Waals surface area contributed by atoms with Crippen molar-refractivity contribution in [2.24, 2.45) is 10.8 Å². The normalized spacial score (nSPS) is 10.8. The minimum Gasteiger partial charge on any atom is -0.852 e. The molecule has 0 unspecified atom stereocenters. The molecule has 0 amide bonds. The van der Waals surface area contributed by atoms with Crippen LogP contribution in [0, 0.1) is 10.8 Å². The second-order valence-electron chi connectivity index (χ2n) is 7.16. The van der Waals surface area contributed by atoms with Gasteiger partial charge in [0.15, 0.2) is 0 Å². The zero-order valence-electron chi connectivity index (χ0n) is 16.3. The first-order valence-electron chi connectivity index (χ1n) is 7.84. The minimum atomic E-state index is -0.845. The van der Waals surface area contributed by atoms with Crippen molar-refractivity contribution in [3.8, 4) is 0 Å². The van der Waals surface area contributed by atoms with Gasteiger partial charge in [-0.15, -0.1) is 12.2 Å². The third kappa shape index (κ3) is 19.6. The average molecular weight is 382 g/mol. The van der Waals surface area contributed by atoms with E-state index in [2.05, 4.69) is 0 Å². The first-order valence-corrected chi connectivity index (χ1v) is 7.84. The molecular weight excluding hydrogens is 348 g/mol. The summed E-state index contributed by atoms with van der Waals surface area (Å²) >= 11 is 0. The molecule has 0 radical (unpaired) electrons. The van der Waals surface area contributed by atoms with Gasteiger partial charge in [-0.3, -0.25) is 9.59 Å². The van der Waals surface area contributed by atoms with Crippen molar-refractivity contribution in [3.63, 3.8) is 0 Å². The molecular formula is C17H34O6Ti. The molecule has 0 aliphatic heterocycles. The van der Waals surface area contributed by atoms with Crippen molar-refractivity contribution < 1.29 is 51.7 Å². The number of rotatable bonds is 6. The topological polar surface area (TPSA) is 121 Å². The van der Waals surface area contributed by atoms with Crippen LogP contribution in [0.3, 0.4) is 0 Å². The van der Waals surface area contributed by atoms with Crippen LogP contribution in [-0.4, -0.2) is 34.4 Å². The van der Waals surface area contributed by atoms with Gasteiger partial charge in [0.05, 0.1) is 5.41 Å². The summed E-state index contributed by atoms with van der Waals surface area (Å²) < 4.78 is 0. The van der Waals surface area contributed by atoms with Crippen molar-refractivity contribution in [2.45, 2.75) is 86.9 Å². The van der Waals surface area contributed by atoms with E-state index in [4.69, 9.17) is 10.2 Å². The maximum atomic E-state index is 11.0. The van der Waals surface area contributed by atoms with Gasteiger partial charge in [-0.2, -0.15) is 0 Å². The van der Waals surface area contributed by atoms with Gasteiger partial charge in [0, 0.05) is 6.42 Å². The molecule has 0 saturated heterocycles. The monoisotopic (exact) mass is 382 g/mol. The Kier molecular flexibility index (Phi) is 19.4. The van der Waals surface area contributed by atoms with Crippen LogP contribution in [0.1, 0.15) is 74.7 Å². The van der Waals surface area contributed by atoms with Crippen LogP contribution >= 0.6 is 0 Å². The van der Waals surface area contributed by atoms with Gasteiger partial charge in [0.1, 0.15) is 0 Å². The van der Waals surface area contributed by atoms with Crippen molar-refractivity contribution in [3.05, 3.63) is 0 Å². The molecule has 142 valence electrons. The fourth-order valence-corrected chi connectivity index (χ4v) is 1.28. The molecule has 0 aromatic rings. The van der Waals surface area contributed by atoms with Crippen LogP contribution in [0.5, 0.6) is 0 Å². The zero-order chi connectivity index (χ0) is 19.4. The van der Waals surface area contributed by atoms with Crippen LogP contribution in [0.15, 0.2) is 0 Å². The van der Waals surface area contributed by atoms with Gasteiger partial charge >= 0.3 is 33.7 Å². The molecule has 0 rings (SSSR count). The Balaban J connectivity index is -0.000000186. The predicted octanol–water partition coefficient (Wildman–Crippen LogP) is 1.89. The molecule has 0 spiro atoms. The number of hydrogen-bond acceptors (Lipinski definition) is 4. The van der Waals surface area contributed by atoms with E-state index in [0.29, 0.717) is 12.8 Å². The Labute approximate surface area is 161 Å². The summed E-state index contributed by atoms with van der Waals surface area (Å²) in [6.07, 6.45) is 0.372. The number of aliphatic carboxylic acids is 2. The van der Waals surface area contributed by atoms with E-state index >= 15 is 0 Å². The molecule has 0 atom stereocenters. The summed E-state index contributed by atoms with van der Waals surface area (Å²) in [6.45, 7) is 13.5. The smallest absolute Gasteiger partial charge is 0.852 e. The molecule has 0 aromatic heterocycles. The molecule has 24 heavy (non-hydrogen) atoms. The van der Waals surface area contributed by atoms with Gasteiger partial charge in [-0.25, -0.2) is 0 Å². The second kappa shape index (κ2) is 14.9. The van der Waals surface area contributed by atoms with E-state index in [1.165, 1.54) is 0 Å². The van der Waals surface area contributed by atoms with E-state index in [9.17, 15) is 19.8 Å². The van der Waals surface area contributed by atoms with Crippen LogP contribution < -0.4 is 10.2 Å². The molecule has 0 aromatic carbocycles. The standard InChI is InChI=1S/C11H20O4.2C3H7O.Ti/c1-10(2,7-5-6-8(12)13)11(3,4)9(14)15;2*1-3(2)4;/h5-7H2,1-4H3,(H,12,13)(H,14,15);2*3H,1-2H3;/q;2*-1;+2. The largest absolute Gasteiger partial charge is 2.00 e. The summed E-state index contributed by atoms with van der Waals surface area (Å²) in [5, 5.41) is 36.6. The first kappa shape index (κ1) is 31.4. The fourth-order valence-electron chi connectivity index (χ4n) is 1.28. The van der Waals surface area contributed by atoms with Gasteiger partial charge in [-0.05, 0) is 32.1 Å². The molecule has 0 fully saturated rings. The number of carboxylic acids is 2. The molecule has 0 aliphatic carbocycles. The third-order valence-electron chi connectivity index (χ3n) is 3.42. The Morgan fingerprint density at radius 2 is 1.21 bits per heavy atom. The Bertz CT molecular complexity index is 326. The fraction of sp³-hybridized carbons (Fsp3) is 0.882. The molecule has 6 nitrogen and oxygen atoms in total. The van der Waals surface area contributed by atoms with Crippen molar-refractivity contribution in [1.82, 2.24) is 0 Å². The van der Waals surface area contributed by atoms with Gasteiger partial charge in [0.25, 0.3) is 0 Å². The molecule has 0 heterocycles. The summed E-state index contributed by atoms with van der Waals surface area (Å²) in [5.74, 6) is -1.68. The molecule has 7 heteroatoms. The van der Waals surface area contributed by atoms with Crippen molar-refractivity contribution >= 4 is 11.9 Å². The molecule has 2 N–H and O–H groups in total. The number of carbonyl (C=O) groups is 2. The quantitative estimate of drug-likeness (QED) is 0.677. The third-order valence-corrected chi connectivity index (χ3v) is 3.42. The Hall–Kier alpha value is -0.426. The van der Waals surface area contributed by atoms with E-state index in [1.54, 1.807) is 41.5 Å². The second-order valence-corrected chi connectivity index (χ2v) is 7.16. The van der Waals surface area contributed by atoms with Crippen molar-refractivity contribution in [2.75, 3.05) is 0 Å². The summed E-state index contributed by atoms with van der Waals surface area (Å²) in [6, 6.07) is 0. The van der Waals surface area contributed by atoms with Crippen LogP contribution in [0.2, 0.25) is 0 Å². The number of hydrogen-bond donors (Lipinski definition) is 2. The summed E-state index contributed by atoms with van der Waals surface area (Å²) in [5.41, 5.74) is -1.25. The summed E-state index contributed by atoms with van der Waals surface area (Å²) in [7, 11) is 0. The number of carboxylic acid groups (broad SMARTS) is 2. The van der Waals surface area contributed by atoms with Crippen molar-refractivity contribution in [1.29, 1.82) is 0 Å². The maximum absolute atomic E-state index is 11.0. The summed E-state index contributed by atoms with van der Waals surface area (Å²) in [4.78, 5) is 21.4. The van der Waals surface area contributed by atoms with Crippen LogP contribution in [-0.2, 0) is 31.3 Å². The molecule has 0 bridgehead atoms. The first-order chi connectivity index (χ1) is 10.1. The zero-order valence-corrected chi connectivity index (χ0v) is 17.9.